The second-order valence-electron chi connectivity index (χ2n) is 4.59. The molecule has 6 heteroatoms. The summed E-state index contributed by atoms with van der Waals surface area (Å²) in [6.45, 7) is 2.12. The Labute approximate surface area is 117 Å². The van der Waals surface area contributed by atoms with Crippen molar-refractivity contribution in [2.45, 2.75) is 12.0 Å². The minimum absolute atomic E-state index is 0.133. The Morgan fingerprint density at radius 3 is 2.79 bits per heavy atom. The maximum atomic E-state index is 11.2. The fraction of sp³-hybridized carbons (Fsp3) is 0.462. The van der Waals surface area contributed by atoms with Crippen molar-refractivity contribution in [2.24, 2.45) is 5.73 Å². The highest BCUT2D eigenvalue weighted by molar-refractivity contribution is 6.30. The number of ether oxygens (including phenoxy) is 2. The predicted molar refractivity (Wildman–Crippen MR) is 72.3 cm³/mol. The Hall–Kier alpha value is -1.30. The van der Waals surface area contributed by atoms with Gasteiger partial charge in [0.2, 0.25) is 5.91 Å². The number of amides is 1. The quantitative estimate of drug-likeness (QED) is 0.844. The lowest BCUT2D eigenvalue weighted by molar-refractivity contribution is -0.133. The summed E-state index contributed by atoms with van der Waals surface area (Å²) < 4.78 is 11.4. The first kappa shape index (κ1) is 14.1. The number of carbonyl (C=O) groups is 1. The second-order valence-corrected chi connectivity index (χ2v) is 5.03. The third-order valence-corrected chi connectivity index (χ3v) is 3.20. The highest BCUT2D eigenvalue weighted by Gasteiger charge is 2.36. The molecule has 0 aromatic heterocycles. The summed E-state index contributed by atoms with van der Waals surface area (Å²) in [6, 6.07) is 7.04. The van der Waals surface area contributed by atoms with E-state index in [2.05, 4.69) is 5.32 Å². The van der Waals surface area contributed by atoms with Crippen LogP contribution < -0.4 is 15.8 Å². The zero-order valence-corrected chi connectivity index (χ0v) is 11.3. The van der Waals surface area contributed by atoms with Crippen LogP contribution in [0, 0.1) is 0 Å². The molecule has 1 aromatic rings. The van der Waals surface area contributed by atoms with Crippen LogP contribution in [0.3, 0.4) is 0 Å². The van der Waals surface area contributed by atoms with Crippen LogP contribution in [-0.4, -0.2) is 37.8 Å². The number of morpholine rings is 1. The summed E-state index contributed by atoms with van der Waals surface area (Å²) in [5.74, 6) is 0.283. The van der Waals surface area contributed by atoms with Gasteiger partial charge >= 0.3 is 0 Å². The largest absolute Gasteiger partial charge is 0.491 e. The molecular formula is C13H17ClN2O3. The molecule has 0 saturated carbocycles. The van der Waals surface area contributed by atoms with Gasteiger partial charge in [-0.05, 0) is 24.3 Å². The molecule has 2 rings (SSSR count). The zero-order chi connectivity index (χ0) is 13.7. The molecule has 3 N–H and O–H groups in total. The Kier molecular flexibility index (Phi) is 4.63. The van der Waals surface area contributed by atoms with Crippen molar-refractivity contribution < 1.29 is 14.3 Å². The number of primary amides is 1. The molecule has 104 valence electrons. The van der Waals surface area contributed by atoms with Crippen molar-refractivity contribution >= 4 is 17.5 Å². The first-order valence-electron chi connectivity index (χ1n) is 6.11. The Bertz CT molecular complexity index is 430. The van der Waals surface area contributed by atoms with Crippen molar-refractivity contribution in [1.82, 2.24) is 5.32 Å². The second kappa shape index (κ2) is 6.23. The van der Waals surface area contributed by atoms with Crippen LogP contribution in [0.5, 0.6) is 5.75 Å². The van der Waals surface area contributed by atoms with Crippen LogP contribution >= 0.6 is 11.6 Å². The van der Waals surface area contributed by atoms with Crippen LogP contribution in [0.2, 0.25) is 5.02 Å². The number of carbonyl (C=O) groups excluding carboxylic acids is 1. The van der Waals surface area contributed by atoms with Crippen molar-refractivity contribution in [3.05, 3.63) is 29.3 Å². The molecule has 1 aliphatic heterocycles. The van der Waals surface area contributed by atoms with E-state index < -0.39 is 11.5 Å². The van der Waals surface area contributed by atoms with Gasteiger partial charge in [0, 0.05) is 18.1 Å². The van der Waals surface area contributed by atoms with E-state index >= 15 is 0 Å². The van der Waals surface area contributed by atoms with Crippen LogP contribution in [0.1, 0.15) is 6.42 Å². The van der Waals surface area contributed by atoms with Gasteiger partial charge in [0.15, 0.2) is 0 Å². The predicted octanol–water partition coefficient (Wildman–Crippen LogP) is 0.953. The summed E-state index contributed by atoms with van der Waals surface area (Å²) in [5, 5.41) is 3.84. The smallest absolute Gasteiger partial charge is 0.220 e. The normalized spacial score (nSPS) is 23.0. The summed E-state index contributed by atoms with van der Waals surface area (Å²) in [5.41, 5.74) is 4.59. The maximum Gasteiger partial charge on any atom is 0.220 e. The number of benzene rings is 1. The monoisotopic (exact) mass is 284 g/mol. The van der Waals surface area contributed by atoms with E-state index in [1.807, 2.05) is 0 Å². The van der Waals surface area contributed by atoms with E-state index in [4.69, 9.17) is 26.8 Å². The van der Waals surface area contributed by atoms with Gasteiger partial charge in [-0.1, -0.05) is 11.6 Å². The SMILES string of the molecule is NC(=O)C[C@@]1(COc2ccc(Cl)cc2)CNCCO1. The molecule has 5 nitrogen and oxygen atoms in total. The van der Waals surface area contributed by atoms with E-state index in [1.54, 1.807) is 24.3 Å². The Morgan fingerprint density at radius 1 is 1.47 bits per heavy atom. The third-order valence-electron chi connectivity index (χ3n) is 2.95. The van der Waals surface area contributed by atoms with Crippen LogP contribution in [0.25, 0.3) is 0 Å². The van der Waals surface area contributed by atoms with Gasteiger partial charge in [0.1, 0.15) is 18.0 Å². The third kappa shape index (κ3) is 4.09. The minimum atomic E-state index is -0.691. The number of nitrogens with one attached hydrogen (secondary N) is 1. The molecule has 1 amide bonds. The summed E-state index contributed by atoms with van der Waals surface area (Å²) in [6.07, 6.45) is 0.133. The molecule has 0 radical (unpaired) electrons. The Balaban J connectivity index is 1.99. The molecule has 0 bridgehead atoms. The van der Waals surface area contributed by atoms with Crippen LogP contribution in [0.15, 0.2) is 24.3 Å². The lowest BCUT2D eigenvalue weighted by Gasteiger charge is -2.36. The van der Waals surface area contributed by atoms with Crippen LogP contribution in [-0.2, 0) is 9.53 Å². The number of hydrogen-bond acceptors (Lipinski definition) is 4. The van der Waals surface area contributed by atoms with Gasteiger partial charge in [0.25, 0.3) is 0 Å². The topological polar surface area (TPSA) is 73.6 Å². The number of hydrogen-bond donors (Lipinski definition) is 2. The molecule has 1 fully saturated rings. The zero-order valence-electron chi connectivity index (χ0n) is 10.5. The molecule has 1 atom stereocenters. The van der Waals surface area contributed by atoms with Crippen molar-refractivity contribution in [3.63, 3.8) is 0 Å². The van der Waals surface area contributed by atoms with E-state index in [9.17, 15) is 4.79 Å². The molecule has 0 unspecified atom stereocenters. The van der Waals surface area contributed by atoms with Crippen molar-refractivity contribution in [1.29, 1.82) is 0 Å². The van der Waals surface area contributed by atoms with E-state index in [1.165, 1.54) is 0 Å². The summed E-state index contributed by atoms with van der Waals surface area (Å²) >= 11 is 5.81. The maximum absolute atomic E-state index is 11.2. The van der Waals surface area contributed by atoms with Crippen LogP contribution in [0.4, 0.5) is 0 Å². The Morgan fingerprint density at radius 2 is 2.21 bits per heavy atom. The summed E-state index contributed by atoms with van der Waals surface area (Å²) in [4.78, 5) is 11.2. The molecule has 1 aliphatic rings. The molecule has 0 spiro atoms. The fourth-order valence-electron chi connectivity index (χ4n) is 2.03. The molecule has 1 saturated heterocycles. The first-order valence-corrected chi connectivity index (χ1v) is 6.49. The lowest BCUT2D eigenvalue weighted by atomic mass is 9.98. The van der Waals surface area contributed by atoms with Crippen molar-refractivity contribution in [3.8, 4) is 5.75 Å². The van der Waals surface area contributed by atoms with Crippen molar-refractivity contribution in [2.75, 3.05) is 26.3 Å². The van der Waals surface area contributed by atoms with Gasteiger partial charge in [-0.15, -0.1) is 0 Å². The number of halogens is 1. The highest BCUT2D eigenvalue weighted by Crippen LogP contribution is 2.22. The number of nitrogens with two attached hydrogens (primary N) is 1. The van der Waals surface area contributed by atoms with E-state index in [0.29, 0.717) is 23.9 Å². The average molecular weight is 285 g/mol. The molecule has 0 aliphatic carbocycles. The van der Waals surface area contributed by atoms with Gasteiger partial charge in [-0.3, -0.25) is 4.79 Å². The highest BCUT2D eigenvalue weighted by atomic mass is 35.5. The fourth-order valence-corrected chi connectivity index (χ4v) is 2.15. The minimum Gasteiger partial charge on any atom is -0.491 e. The van der Waals surface area contributed by atoms with Gasteiger partial charge in [-0.25, -0.2) is 0 Å². The first-order chi connectivity index (χ1) is 9.10. The molecule has 19 heavy (non-hydrogen) atoms. The van der Waals surface area contributed by atoms with Gasteiger partial charge in [0.05, 0.1) is 13.0 Å². The van der Waals surface area contributed by atoms with E-state index in [-0.39, 0.29) is 13.0 Å². The molecular weight excluding hydrogens is 268 g/mol. The lowest BCUT2D eigenvalue weighted by Crippen LogP contribution is -2.55. The molecule has 1 heterocycles. The van der Waals surface area contributed by atoms with Gasteiger partial charge < -0.3 is 20.5 Å². The average Bonchev–Trinajstić information content (AvgIpc) is 2.38. The van der Waals surface area contributed by atoms with E-state index in [0.717, 1.165) is 6.54 Å². The standard InChI is InChI=1S/C13H17ClN2O3/c14-10-1-3-11(4-2-10)18-9-13(7-12(15)17)8-16-5-6-19-13/h1-4,16H,5-9H2,(H2,15,17)/t13-/m0/s1. The summed E-state index contributed by atoms with van der Waals surface area (Å²) in [7, 11) is 0. The van der Waals surface area contributed by atoms with Gasteiger partial charge in [-0.2, -0.15) is 0 Å². The molecule has 1 aromatic carbocycles. The number of rotatable bonds is 5.